The van der Waals surface area contributed by atoms with E-state index in [-0.39, 0.29) is 0 Å². The van der Waals surface area contributed by atoms with E-state index in [9.17, 15) is 0 Å². The minimum atomic E-state index is 1.13. The van der Waals surface area contributed by atoms with Gasteiger partial charge in [-0.2, -0.15) is 0 Å². The molecule has 4 heterocycles. The molecule has 326 valence electrons. The smallest absolute Gasteiger partial charge is 0.0541 e. The highest BCUT2D eigenvalue weighted by Crippen LogP contribution is 2.40. The third-order valence-electron chi connectivity index (χ3n) is 14.7. The van der Waals surface area contributed by atoms with E-state index < -0.39 is 0 Å². The topological polar surface area (TPSA) is 19.7 Å². The lowest BCUT2D eigenvalue weighted by Gasteiger charge is -2.13. The molecule has 15 aromatic rings. The van der Waals surface area contributed by atoms with Crippen LogP contribution in [0, 0.1) is 0 Å². The number of hydrogen-bond donors (Lipinski definition) is 0. The standard InChI is InChI=1S/C66H42N4/c1-7-28-59-51(22-1)52-23-2-8-29-60(52)67(59)47-18-14-20-49(41-47)69-63-32-11-5-26-55(63)57-39-45(34-36-65(57)69)43-16-13-17-44(38-43)46-35-37-66-58(40-46)56-27-6-12-33-64(56)70(66)50-21-15-19-48(42-50)68-61-30-9-3-24-53(61)54-25-4-10-31-62(54)68/h1-42H. The van der Waals surface area contributed by atoms with Gasteiger partial charge in [0.15, 0.2) is 0 Å². The maximum absolute atomic E-state index is 2.43. The molecule has 0 aliphatic rings. The minimum Gasteiger partial charge on any atom is -0.309 e. The number of benzene rings is 11. The highest BCUT2D eigenvalue weighted by Gasteiger charge is 2.19. The van der Waals surface area contributed by atoms with Crippen LogP contribution in [0.1, 0.15) is 0 Å². The van der Waals surface area contributed by atoms with Crippen LogP contribution in [0.15, 0.2) is 255 Å². The van der Waals surface area contributed by atoms with Gasteiger partial charge in [-0.3, -0.25) is 0 Å². The number of para-hydroxylation sites is 6. The number of rotatable bonds is 6. The SMILES string of the molecule is c1cc(-c2ccc3c(c2)c2ccccc2n3-c2cccc(-n3c4ccccc4c4ccccc43)c2)cc(-c2ccc3c(c2)c2ccccc2n3-c2cccc(-n3c4ccccc4c4ccccc43)c2)c1. The third-order valence-corrected chi connectivity index (χ3v) is 14.7. The zero-order valence-corrected chi connectivity index (χ0v) is 38.0. The van der Waals surface area contributed by atoms with Gasteiger partial charge in [0.25, 0.3) is 0 Å². The van der Waals surface area contributed by atoms with Gasteiger partial charge in [-0.05, 0) is 125 Å². The van der Waals surface area contributed by atoms with Crippen molar-refractivity contribution in [3.8, 4) is 45.0 Å². The fourth-order valence-electron chi connectivity index (χ4n) is 11.7. The molecule has 0 aliphatic heterocycles. The third kappa shape index (κ3) is 5.71. The van der Waals surface area contributed by atoms with E-state index in [4.69, 9.17) is 0 Å². The lowest BCUT2D eigenvalue weighted by molar-refractivity contribution is 1.13. The summed E-state index contributed by atoms with van der Waals surface area (Å²) < 4.78 is 9.65. The first kappa shape index (κ1) is 38.7. The second kappa shape index (κ2) is 15.1. The van der Waals surface area contributed by atoms with Crippen LogP contribution < -0.4 is 0 Å². The average molecular weight is 891 g/mol. The van der Waals surface area contributed by atoms with Crippen LogP contribution in [0.3, 0.4) is 0 Å². The summed E-state index contributed by atoms with van der Waals surface area (Å²) in [6.45, 7) is 0. The zero-order valence-electron chi connectivity index (χ0n) is 38.0. The van der Waals surface area contributed by atoms with Crippen molar-refractivity contribution in [1.29, 1.82) is 0 Å². The van der Waals surface area contributed by atoms with E-state index in [1.807, 2.05) is 0 Å². The van der Waals surface area contributed by atoms with Crippen molar-refractivity contribution in [1.82, 2.24) is 18.3 Å². The van der Waals surface area contributed by atoms with Gasteiger partial charge in [-0.15, -0.1) is 0 Å². The Labute approximate surface area is 403 Å². The molecular weight excluding hydrogens is 849 g/mol. The Morgan fingerprint density at radius 2 is 0.400 bits per heavy atom. The van der Waals surface area contributed by atoms with Crippen LogP contribution in [0.4, 0.5) is 0 Å². The van der Waals surface area contributed by atoms with E-state index >= 15 is 0 Å². The Kier molecular flexibility index (Phi) is 8.33. The van der Waals surface area contributed by atoms with Crippen molar-refractivity contribution in [3.05, 3.63) is 255 Å². The van der Waals surface area contributed by atoms with Crippen LogP contribution in [0.5, 0.6) is 0 Å². The fraction of sp³-hybridized carbons (Fsp3) is 0. The monoisotopic (exact) mass is 890 g/mol. The van der Waals surface area contributed by atoms with Gasteiger partial charge in [-0.25, -0.2) is 0 Å². The van der Waals surface area contributed by atoms with Gasteiger partial charge in [0.2, 0.25) is 0 Å². The summed E-state index contributed by atoms with van der Waals surface area (Å²) in [5, 5.41) is 9.99. The minimum absolute atomic E-state index is 1.13. The summed E-state index contributed by atoms with van der Waals surface area (Å²) >= 11 is 0. The van der Waals surface area contributed by atoms with Crippen LogP contribution >= 0.6 is 0 Å². The summed E-state index contributed by atoms with van der Waals surface area (Å²) in [5.41, 5.74) is 18.9. The Morgan fingerprint density at radius 1 is 0.157 bits per heavy atom. The van der Waals surface area contributed by atoms with Gasteiger partial charge in [0.1, 0.15) is 0 Å². The average Bonchev–Trinajstić information content (AvgIpc) is 4.16. The van der Waals surface area contributed by atoms with Gasteiger partial charge in [-0.1, -0.05) is 152 Å². The highest BCUT2D eigenvalue weighted by atomic mass is 15.0. The van der Waals surface area contributed by atoms with Crippen LogP contribution in [0.25, 0.3) is 132 Å². The first-order valence-corrected chi connectivity index (χ1v) is 24.1. The molecule has 0 spiro atoms. The van der Waals surface area contributed by atoms with Gasteiger partial charge < -0.3 is 18.3 Å². The molecule has 0 unspecified atom stereocenters. The van der Waals surface area contributed by atoms with Crippen LogP contribution in [-0.4, -0.2) is 18.3 Å². The number of nitrogens with zero attached hydrogens (tertiary/aromatic N) is 4. The molecule has 0 radical (unpaired) electrons. The Balaban J connectivity index is 0.819. The summed E-state index contributed by atoms with van der Waals surface area (Å²) in [6, 6.07) is 93.5. The molecule has 11 aromatic carbocycles. The molecule has 0 saturated carbocycles. The second-order valence-electron chi connectivity index (χ2n) is 18.5. The second-order valence-corrected chi connectivity index (χ2v) is 18.5. The lowest BCUT2D eigenvalue weighted by atomic mass is 9.97. The van der Waals surface area contributed by atoms with Crippen molar-refractivity contribution in [2.75, 3.05) is 0 Å². The molecule has 4 nitrogen and oxygen atoms in total. The summed E-state index contributed by atoms with van der Waals surface area (Å²) in [4.78, 5) is 0. The predicted molar refractivity (Wildman–Crippen MR) is 295 cm³/mol. The summed E-state index contributed by atoms with van der Waals surface area (Å²) in [5.74, 6) is 0. The van der Waals surface area contributed by atoms with E-state index in [1.165, 1.54) is 109 Å². The highest BCUT2D eigenvalue weighted by molar-refractivity contribution is 6.13. The quantitative estimate of drug-likeness (QED) is 0.158. The summed E-state index contributed by atoms with van der Waals surface area (Å²) in [7, 11) is 0. The predicted octanol–water partition coefficient (Wildman–Crippen LogP) is 17.4. The molecule has 70 heavy (non-hydrogen) atoms. The van der Waals surface area contributed by atoms with Crippen molar-refractivity contribution in [2.24, 2.45) is 0 Å². The van der Waals surface area contributed by atoms with Crippen LogP contribution in [0.2, 0.25) is 0 Å². The van der Waals surface area contributed by atoms with Crippen molar-refractivity contribution in [2.45, 2.75) is 0 Å². The zero-order chi connectivity index (χ0) is 45.9. The molecule has 0 atom stereocenters. The van der Waals surface area contributed by atoms with E-state index in [2.05, 4.69) is 273 Å². The molecule has 0 aliphatic carbocycles. The van der Waals surface area contributed by atoms with Gasteiger partial charge in [0.05, 0.1) is 44.1 Å². The van der Waals surface area contributed by atoms with E-state index in [0.29, 0.717) is 0 Å². The first-order chi connectivity index (χ1) is 34.7. The Hall–Kier alpha value is -9.38. The summed E-state index contributed by atoms with van der Waals surface area (Å²) in [6.07, 6.45) is 0. The lowest BCUT2D eigenvalue weighted by Crippen LogP contribution is -1.98. The fourth-order valence-corrected chi connectivity index (χ4v) is 11.7. The number of aromatic nitrogens is 4. The molecule has 0 N–H and O–H groups in total. The largest absolute Gasteiger partial charge is 0.309 e. The molecule has 4 heteroatoms. The molecule has 0 fully saturated rings. The molecule has 15 rings (SSSR count). The molecule has 4 aromatic heterocycles. The van der Waals surface area contributed by atoms with Crippen molar-refractivity contribution >= 4 is 87.2 Å². The number of fused-ring (bicyclic) bond motifs is 12. The molecular formula is C66H42N4. The van der Waals surface area contributed by atoms with Crippen molar-refractivity contribution < 1.29 is 0 Å². The Morgan fingerprint density at radius 3 is 0.714 bits per heavy atom. The van der Waals surface area contributed by atoms with E-state index in [0.717, 1.165) is 22.7 Å². The molecule has 0 saturated heterocycles. The molecule has 0 amide bonds. The van der Waals surface area contributed by atoms with E-state index in [1.54, 1.807) is 0 Å². The number of hydrogen-bond acceptors (Lipinski definition) is 0. The van der Waals surface area contributed by atoms with Crippen molar-refractivity contribution in [3.63, 3.8) is 0 Å². The van der Waals surface area contributed by atoms with Gasteiger partial charge in [0, 0.05) is 65.8 Å². The normalized spacial score (nSPS) is 12.0. The maximum Gasteiger partial charge on any atom is 0.0541 e. The van der Waals surface area contributed by atoms with Crippen LogP contribution in [-0.2, 0) is 0 Å². The first-order valence-electron chi connectivity index (χ1n) is 24.1. The van der Waals surface area contributed by atoms with Gasteiger partial charge >= 0.3 is 0 Å². The maximum atomic E-state index is 2.43. The Bertz CT molecular complexity index is 4210. The molecule has 0 bridgehead atoms.